The zero-order chi connectivity index (χ0) is 8.85. The Balaban J connectivity index is 0. The molecule has 0 aromatic carbocycles. The molecule has 0 aromatic rings. The number of hydrogen-bond donors (Lipinski definition) is 4. The molecule has 6 heteroatoms. The van der Waals surface area contributed by atoms with E-state index in [1.165, 1.54) is 0 Å². The van der Waals surface area contributed by atoms with Gasteiger partial charge in [0.25, 0.3) is 0 Å². The molecular weight excluding hydrogens is 208 g/mol. The molecule has 0 radical (unpaired) electrons. The van der Waals surface area contributed by atoms with Crippen LogP contribution in [0.25, 0.3) is 0 Å². The summed E-state index contributed by atoms with van der Waals surface area (Å²) in [5, 5.41) is 34.8. The van der Waals surface area contributed by atoms with E-state index in [1.807, 2.05) is 0 Å². The van der Waals surface area contributed by atoms with E-state index in [2.05, 4.69) is 0 Å². The molecule has 4 N–H and O–H groups in total. The van der Waals surface area contributed by atoms with Crippen LogP contribution in [0.3, 0.4) is 0 Å². The molecule has 0 aliphatic carbocycles. The molecule has 0 fully saturated rings. The Morgan fingerprint density at radius 2 is 1.67 bits per heavy atom. The quantitative estimate of drug-likeness (QED) is 0.307. The summed E-state index contributed by atoms with van der Waals surface area (Å²) in [5.74, 6) is 0. The number of aliphatic hydroxyl groups is 4. The topological polar surface area (TPSA) is 98.0 Å². The first-order chi connectivity index (χ1) is 5.13. The van der Waals surface area contributed by atoms with E-state index in [1.54, 1.807) is 0 Å². The van der Waals surface area contributed by atoms with Crippen LogP contribution in [0.2, 0.25) is 0 Å². The molecule has 3 atom stereocenters. The number of rotatable bonds is 5. The summed E-state index contributed by atoms with van der Waals surface area (Å²) >= 11 is 0. The van der Waals surface area contributed by atoms with Gasteiger partial charge in [0, 0.05) is 23.5 Å². The smallest absolute Gasteiger partial charge is 0.122 e. The zero-order valence-electron chi connectivity index (χ0n) is 6.27. The van der Waals surface area contributed by atoms with Gasteiger partial charge in [-0.05, 0) is 0 Å². The molecule has 0 rings (SSSR count). The maximum atomic E-state index is 9.82. The number of carbonyl (C=O) groups excluding carboxylic acids is 1. The summed E-state index contributed by atoms with van der Waals surface area (Å²) in [6.07, 6.45) is -4.00. The van der Waals surface area contributed by atoms with Crippen molar-refractivity contribution in [1.29, 1.82) is 0 Å². The third-order valence-electron chi connectivity index (χ3n) is 1.31. The summed E-state index contributed by atoms with van der Waals surface area (Å²) in [6, 6.07) is 0. The fourth-order valence-electron chi connectivity index (χ4n) is 0.602. The Morgan fingerprint density at radius 3 is 2.00 bits per heavy atom. The first-order valence-corrected chi connectivity index (χ1v) is 3.22. The van der Waals surface area contributed by atoms with Crippen LogP contribution in [-0.2, 0) is 21.9 Å². The Bertz CT molecular complexity index is 121. The van der Waals surface area contributed by atoms with Gasteiger partial charge in [0.1, 0.15) is 18.5 Å². The minimum Gasteiger partial charge on any atom is -0.394 e. The molecule has 0 heterocycles. The fourth-order valence-corrected chi connectivity index (χ4v) is 0.602. The van der Waals surface area contributed by atoms with Crippen molar-refractivity contribution in [3.05, 3.63) is 0 Å². The van der Waals surface area contributed by atoms with Gasteiger partial charge in [-0.2, -0.15) is 0 Å². The third-order valence-corrected chi connectivity index (χ3v) is 1.31. The van der Waals surface area contributed by atoms with E-state index in [0.29, 0.717) is 6.29 Å². The van der Waals surface area contributed by atoms with Crippen LogP contribution in [0.1, 0.15) is 6.42 Å². The Labute approximate surface area is 80.5 Å². The van der Waals surface area contributed by atoms with Crippen LogP contribution >= 0.6 is 0 Å². The molecule has 12 heavy (non-hydrogen) atoms. The summed E-state index contributed by atoms with van der Waals surface area (Å²) in [7, 11) is 0. The molecule has 0 unspecified atom stereocenters. The largest absolute Gasteiger partial charge is 0.394 e. The molecule has 0 bridgehead atoms. The Hall–Kier alpha value is 0.0295. The maximum Gasteiger partial charge on any atom is 0.122 e. The van der Waals surface area contributed by atoms with Crippen LogP contribution in [0, 0.1) is 0 Å². The van der Waals surface area contributed by atoms with Crippen molar-refractivity contribution in [3.63, 3.8) is 0 Å². The molecule has 0 spiro atoms. The fraction of sp³-hybridized carbons (Fsp3) is 0.833. The van der Waals surface area contributed by atoms with Gasteiger partial charge in [-0.15, -0.1) is 0 Å². The standard InChI is InChI=1S/C6H12O5.Fe/c7-2-1-4(9)6(11)5(10)3-8;/h2,4-6,8-11H,1,3H2;/t4-,5-,6+;/m1./s1. The summed E-state index contributed by atoms with van der Waals surface area (Å²) in [4.78, 5) is 9.82. The second-order valence-corrected chi connectivity index (χ2v) is 2.21. The first-order valence-electron chi connectivity index (χ1n) is 3.22. The van der Waals surface area contributed by atoms with Gasteiger partial charge in [0.05, 0.1) is 12.7 Å². The predicted octanol–water partition coefficient (Wildman–Crippen LogP) is -2.35. The van der Waals surface area contributed by atoms with Crippen LogP contribution in [0.5, 0.6) is 0 Å². The molecule has 0 aliphatic heterocycles. The predicted molar refractivity (Wildman–Crippen MR) is 35.8 cm³/mol. The van der Waals surface area contributed by atoms with E-state index >= 15 is 0 Å². The third kappa shape index (κ3) is 4.82. The number of carbonyl (C=O) groups is 1. The van der Waals surface area contributed by atoms with Crippen molar-refractivity contribution in [2.75, 3.05) is 6.61 Å². The molecular formula is C6H12FeO5. The van der Waals surface area contributed by atoms with Crippen molar-refractivity contribution in [2.24, 2.45) is 0 Å². The second kappa shape index (κ2) is 7.67. The molecule has 74 valence electrons. The minimum absolute atomic E-state index is 0. The summed E-state index contributed by atoms with van der Waals surface area (Å²) in [6.45, 7) is -0.642. The molecule has 0 amide bonds. The van der Waals surface area contributed by atoms with Crippen LogP contribution in [0.4, 0.5) is 0 Å². The Kier molecular flexibility index (Phi) is 9.29. The van der Waals surface area contributed by atoms with Crippen LogP contribution < -0.4 is 0 Å². The first kappa shape index (κ1) is 14.5. The molecule has 5 nitrogen and oxygen atoms in total. The van der Waals surface area contributed by atoms with E-state index in [9.17, 15) is 4.79 Å². The van der Waals surface area contributed by atoms with Gasteiger partial charge in [-0.1, -0.05) is 0 Å². The van der Waals surface area contributed by atoms with Crippen molar-refractivity contribution >= 4 is 6.29 Å². The average Bonchev–Trinajstić information content (AvgIpc) is 2.02. The van der Waals surface area contributed by atoms with Gasteiger partial charge in [-0.3, -0.25) is 0 Å². The van der Waals surface area contributed by atoms with E-state index < -0.39 is 24.9 Å². The molecule has 0 aliphatic rings. The van der Waals surface area contributed by atoms with Gasteiger partial charge >= 0.3 is 0 Å². The summed E-state index contributed by atoms with van der Waals surface area (Å²) < 4.78 is 0. The molecule has 0 aromatic heterocycles. The van der Waals surface area contributed by atoms with Gasteiger partial charge in [0.2, 0.25) is 0 Å². The average molecular weight is 220 g/mol. The van der Waals surface area contributed by atoms with Crippen molar-refractivity contribution in [3.8, 4) is 0 Å². The van der Waals surface area contributed by atoms with Gasteiger partial charge in [-0.25, -0.2) is 0 Å². The monoisotopic (exact) mass is 220 g/mol. The number of aliphatic hydroxyl groups excluding tert-OH is 4. The van der Waals surface area contributed by atoms with E-state index in [-0.39, 0.29) is 23.5 Å². The second-order valence-electron chi connectivity index (χ2n) is 2.21. The van der Waals surface area contributed by atoms with Crippen molar-refractivity contribution in [2.45, 2.75) is 24.7 Å². The Morgan fingerprint density at radius 1 is 1.17 bits per heavy atom. The zero-order valence-corrected chi connectivity index (χ0v) is 7.38. The van der Waals surface area contributed by atoms with Crippen LogP contribution in [0.15, 0.2) is 0 Å². The molecule has 0 saturated carbocycles. The van der Waals surface area contributed by atoms with E-state index in [4.69, 9.17) is 20.4 Å². The van der Waals surface area contributed by atoms with Crippen molar-refractivity contribution in [1.82, 2.24) is 0 Å². The van der Waals surface area contributed by atoms with Gasteiger partial charge in [0.15, 0.2) is 0 Å². The minimum atomic E-state index is -1.47. The van der Waals surface area contributed by atoms with Crippen LogP contribution in [-0.4, -0.2) is 51.6 Å². The normalized spacial score (nSPS) is 17.3. The van der Waals surface area contributed by atoms with Gasteiger partial charge < -0.3 is 25.2 Å². The molecule has 0 saturated heterocycles. The SMILES string of the molecule is O=CC[C@@H](O)[C@H](O)[C@H](O)CO.[Fe]. The number of aldehydes is 1. The summed E-state index contributed by atoms with van der Waals surface area (Å²) in [5.41, 5.74) is 0. The number of hydrogen-bond acceptors (Lipinski definition) is 5. The van der Waals surface area contributed by atoms with Crippen molar-refractivity contribution < 1.29 is 42.3 Å². The maximum absolute atomic E-state index is 9.82. The van der Waals surface area contributed by atoms with E-state index in [0.717, 1.165) is 0 Å².